The van der Waals surface area contributed by atoms with E-state index >= 15 is 0 Å². The highest BCUT2D eigenvalue weighted by molar-refractivity contribution is 5.95. The average molecular weight is 301 g/mol. The number of aromatic nitrogens is 1. The Morgan fingerprint density at radius 3 is 2.91 bits per heavy atom. The molecule has 0 aliphatic carbocycles. The van der Waals surface area contributed by atoms with Gasteiger partial charge in [0.15, 0.2) is 0 Å². The van der Waals surface area contributed by atoms with E-state index in [-0.39, 0.29) is 17.8 Å². The normalized spacial score (nSPS) is 18.3. The van der Waals surface area contributed by atoms with Crippen LogP contribution >= 0.6 is 0 Å². The number of nitrogens with one attached hydrogen (secondary N) is 2. The molecule has 0 spiro atoms. The Morgan fingerprint density at radius 2 is 2.18 bits per heavy atom. The van der Waals surface area contributed by atoms with Gasteiger partial charge in [0, 0.05) is 31.0 Å². The molecule has 5 heteroatoms. The smallest absolute Gasteiger partial charge is 0.253 e. The van der Waals surface area contributed by atoms with Crippen molar-refractivity contribution in [1.29, 1.82) is 0 Å². The van der Waals surface area contributed by atoms with Crippen molar-refractivity contribution in [2.24, 2.45) is 0 Å². The minimum atomic E-state index is -0.212. The van der Waals surface area contributed by atoms with Crippen LogP contribution in [0, 0.1) is 12.7 Å². The van der Waals surface area contributed by atoms with Crippen LogP contribution in [0.25, 0.3) is 0 Å². The van der Waals surface area contributed by atoms with Gasteiger partial charge in [0.1, 0.15) is 5.82 Å². The number of aromatic amines is 1. The molecule has 3 rings (SSSR count). The van der Waals surface area contributed by atoms with Crippen LogP contribution in [0.4, 0.5) is 10.1 Å². The number of rotatable bonds is 3. The maximum Gasteiger partial charge on any atom is 0.253 e. The predicted octanol–water partition coefficient (Wildman–Crippen LogP) is 2.86. The number of carbonyl (C=O) groups is 1. The number of carbonyl (C=O) groups excluding carboxylic acids is 1. The maximum atomic E-state index is 13.9. The number of benzene rings is 1. The van der Waals surface area contributed by atoms with Crippen molar-refractivity contribution < 1.29 is 9.18 Å². The summed E-state index contributed by atoms with van der Waals surface area (Å²) in [5.74, 6) is -0.282. The molecule has 1 amide bonds. The first kappa shape index (κ1) is 14.6. The second kappa shape index (κ2) is 6.22. The second-order valence-electron chi connectivity index (χ2n) is 5.73. The third kappa shape index (κ3) is 2.98. The molecule has 0 radical (unpaired) electrons. The van der Waals surface area contributed by atoms with Gasteiger partial charge in [-0.1, -0.05) is 12.1 Å². The largest absolute Gasteiger partial charge is 0.367 e. The zero-order valence-electron chi connectivity index (χ0n) is 12.6. The Kier molecular flexibility index (Phi) is 4.13. The van der Waals surface area contributed by atoms with Gasteiger partial charge in [-0.05, 0) is 38.0 Å². The minimum Gasteiger partial charge on any atom is -0.367 e. The van der Waals surface area contributed by atoms with Crippen LogP contribution in [0.2, 0.25) is 0 Å². The molecule has 1 aromatic heterocycles. The van der Waals surface area contributed by atoms with E-state index in [1.807, 2.05) is 17.9 Å². The van der Waals surface area contributed by atoms with Gasteiger partial charge >= 0.3 is 0 Å². The maximum absolute atomic E-state index is 13.9. The molecular weight excluding hydrogens is 281 g/mol. The molecule has 116 valence electrons. The Morgan fingerprint density at radius 1 is 1.36 bits per heavy atom. The van der Waals surface area contributed by atoms with Gasteiger partial charge in [-0.15, -0.1) is 0 Å². The van der Waals surface area contributed by atoms with Crippen LogP contribution in [0.15, 0.2) is 36.5 Å². The number of hydrogen-bond acceptors (Lipinski definition) is 2. The minimum absolute atomic E-state index is 0.0372. The highest BCUT2D eigenvalue weighted by Crippen LogP contribution is 2.23. The molecule has 2 N–H and O–H groups in total. The lowest BCUT2D eigenvalue weighted by Crippen LogP contribution is -2.48. The zero-order valence-corrected chi connectivity index (χ0v) is 12.6. The van der Waals surface area contributed by atoms with Crippen molar-refractivity contribution in [3.05, 3.63) is 53.6 Å². The van der Waals surface area contributed by atoms with Gasteiger partial charge < -0.3 is 15.2 Å². The summed E-state index contributed by atoms with van der Waals surface area (Å²) in [5, 5.41) is 3.06. The molecule has 1 saturated heterocycles. The van der Waals surface area contributed by atoms with E-state index in [4.69, 9.17) is 0 Å². The third-order valence-electron chi connectivity index (χ3n) is 4.15. The van der Waals surface area contributed by atoms with E-state index in [1.165, 1.54) is 6.07 Å². The monoisotopic (exact) mass is 301 g/mol. The summed E-state index contributed by atoms with van der Waals surface area (Å²) in [4.78, 5) is 17.3. The molecule has 4 nitrogen and oxygen atoms in total. The number of amides is 1. The van der Waals surface area contributed by atoms with E-state index in [9.17, 15) is 9.18 Å². The van der Waals surface area contributed by atoms with Crippen molar-refractivity contribution in [2.75, 3.05) is 18.0 Å². The molecule has 0 bridgehead atoms. The Balaban J connectivity index is 1.68. The summed E-state index contributed by atoms with van der Waals surface area (Å²) in [5.41, 5.74) is 2.14. The summed E-state index contributed by atoms with van der Waals surface area (Å²) >= 11 is 0. The van der Waals surface area contributed by atoms with Gasteiger partial charge in [-0.3, -0.25) is 4.79 Å². The third-order valence-corrected chi connectivity index (χ3v) is 4.15. The highest BCUT2D eigenvalue weighted by atomic mass is 19.1. The van der Waals surface area contributed by atoms with Crippen molar-refractivity contribution in [3.63, 3.8) is 0 Å². The van der Waals surface area contributed by atoms with Gasteiger partial charge in [-0.25, -0.2) is 4.39 Å². The lowest BCUT2D eigenvalue weighted by atomic mass is 10.0. The summed E-state index contributed by atoms with van der Waals surface area (Å²) in [6.45, 7) is 3.33. The van der Waals surface area contributed by atoms with E-state index in [0.29, 0.717) is 17.8 Å². The van der Waals surface area contributed by atoms with Crippen LogP contribution in [-0.4, -0.2) is 30.0 Å². The number of piperidine rings is 1. The molecule has 0 saturated carbocycles. The molecule has 2 aromatic rings. The fourth-order valence-electron chi connectivity index (χ4n) is 2.98. The predicted molar refractivity (Wildman–Crippen MR) is 84.6 cm³/mol. The number of nitrogens with zero attached hydrogens (tertiary/aromatic N) is 1. The summed E-state index contributed by atoms with van der Waals surface area (Å²) in [7, 11) is 0. The average Bonchev–Trinajstić information content (AvgIpc) is 2.94. The number of anilines is 1. The first-order valence-corrected chi connectivity index (χ1v) is 7.59. The van der Waals surface area contributed by atoms with Gasteiger partial charge in [0.05, 0.1) is 11.3 Å². The van der Waals surface area contributed by atoms with Gasteiger partial charge in [0.2, 0.25) is 0 Å². The molecule has 1 atom stereocenters. The Bertz CT molecular complexity index is 667. The first-order valence-electron chi connectivity index (χ1n) is 7.59. The number of halogens is 1. The zero-order chi connectivity index (χ0) is 15.5. The molecule has 1 aliphatic rings. The summed E-state index contributed by atoms with van der Waals surface area (Å²) < 4.78 is 13.9. The number of para-hydroxylation sites is 1. The quantitative estimate of drug-likeness (QED) is 0.916. The number of aryl methyl sites for hydroxylation is 1. The molecular formula is C17H20FN3O. The first-order chi connectivity index (χ1) is 10.6. The molecule has 2 heterocycles. The number of hydrogen-bond donors (Lipinski definition) is 2. The highest BCUT2D eigenvalue weighted by Gasteiger charge is 2.24. The van der Waals surface area contributed by atoms with E-state index in [0.717, 1.165) is 25.1 Å². The van der Waals surface area contributed by atoms with Crippen LogP contribution < -0.4 is 10.2 Å². The van der Waals surface area contributed by atoms with Crippen LogP contribution in [-0.2, 0) is 0 Å². The van der Waals surface area contributed by atoms with Gasteiger partial charge in [0.25, 0.3) is 5.91 Å². The van der Waals surface area contributed by atoms with Gasteiger partial charge in [-0.2, -0.15) is 0 Å². The summed E-state index contributed by atoms with van der Waals surface area (Å²) in [6, 6.07) is 8.61. The van der Waals surface area contributed by atoms with E-state index < -0.39 is 0 Å². The van der Waals surface area contributed by atoms with Crippen LogP contribution in [0.5, 0.6) is 0 Å². The fourth-order valence-corrected chi connectivity index (χ4v) is 2.98. The van der Waals surface area contributed by atoms with E-state index in [2.05, 4.69) is 10.3 Å². The van der Waals surface area contributed by atoms with Crippen molar-refractivity contribution in [2.45, 2.75) is 25.8 Å². The fraction of sp³-hybridized carbons (Fsp3) is 0.353. The Labute approximate surface area is 129 Å². The topological polar surface area (TPSA) is 48.1 Å². The molecule has 1 aromatic carbocycles. The molecule has 1 aliphatic heterocycles. The lowest BCUT2D eigenvalue weighted by molar-refractivity contribution is 0.0932. The van der Waals surface area contributed by atoms with Crippen LogP contribution in [0.1, 0.15) is 28.9 Å². The SMILES string of the molecule is Cc1[nH]ccc1C(=O)N[C@H]1CCCN(c2ccccc2F)C1. The number of H-pyrrole nitrogens is 1. The van der Waals surface area contributed by atoms with E-state index in [1.54, 1.807) is 24.4 Å². The van der Waals surface area contributed by atoms with Crippen molar-refractivity contribution in [1.82, 2.24) is 10.3 Å². The van der Waals surface area contributed by atoms with Crippen molar-refractivity contribution in [3.8, 4) is 0 Å². The summed E-state index contributed by atoms with van der Waals surface area (Å²) in [6.07, 6.45) is 3.61. The van der Waals surface area contributed by atoms with Crippen molar-refractivity contribution >= 4 is 11.6 Å². The lowest BCUT2D eigenvalue weighted by Gasteiger charge is -2.34. The Hall–Kier alpha value is -2.30. The van der Waals surface area contributed by atoms with Crippen LogP contribution in [0.3, 0.4) is 0 Å². The molecule has 22 heavy (non-hydrogen) atoms. The molecule has 1 fully saturated rings. The standard InChI is InChI=1S/C17H20FN3O/c1-12-14(8-9-19-12)17(22)20-13-5-4-10-21(11-13)16-7-3-2-6-15(16)18/h2-3,6-9,13,19H,4-5,10-11H2,1H3,(H,20,22)/t13-/m0/s1. The molecule has 0 unspecified atom stereocenters. The second-order valence-corrected chi connectivity index (χ2v) is 5.73.